The number of hydrogen-bond donors (Lipinski definition) is 2. The second-order valence-electron chi connectivity index (χ2n) is 6.72. The lowest BCUT2D eigenvalue weighted by molar-refractivity contribution is -0.143. The molecule has 116 valence electrons. The minimum Gasteiger partial charge on any atom is -0.369 e. The number of amides is 1. The highest BCUT2D eigenvalue weighted by Crippen LogP contribution is 2.34. The highest BCUT2D eigenvalue weighted by atomic mass is 16.5. The van der Waals surface area contributed by atoms with Gasteiger partial charge in [-0.15, -0.1) is 0 Å². The first-order valence-electron chi connectivity index (χ1n) is 8.15. The van der Waals surface area contributed by atoms with Gasteiger partial charge in [0.2, 0.25) is 0 Å². The third-order valence-electron chi connectivity index (χ3n) is 5.38. The van der Waals surface area contributed by atoms with Gasteiger partial charge in [0.05, 0.1) is 0 Å². The van der Waals surface area contributed by atoms with Crippen LogP contribution >= 0.6 is 0 Å². The van der Waals surface area contributed by atoms with Crippen molar-refractivity contribution in [2.45, 2.75) is 82.4 Å². The zero-order valence-electron chi connectivity index (χ0n) is 13.3. The van der Waals surface area contributed by atoms with Crippen molar-refractivity contribution in [3.8, 4) is 0 Å². The molecule has 4 heteroatoms. The fourth-order valence-electron chi connectivity index (χ4n) is 3.63. The van der Waals surface area contributed by atoms with E-state index in [1.165, 1.54) is 32.1 Å². The molecule has 2 atom stereocenters. The van der Waals surface area contributed by atoms with Gasteiger partial charge in [0.15, 0.2) is 0 Å². The molecule has 0 radical (unpaired) electrons. The van der Waals surface area contributed by atoms with Gasteiger partial charge in [-0.1, -0.05) is 26.2 Å². The van der Waals surface area contributed by atoms with Crippen molar-refractivity contribution < 1.29 is 9.53 Å². The third-order valence-corrected chi connectivity index (χ3v) is 5.38. The Morgan fingerprint density at radius 3 is 2.70 bits per heavy atom. The van der Waals surface area contributed by atoms with Crippen LogP contribution in [-0.4, -0.2) is 36.7 Å². The molecule has 2 fully saturated rings. The molecular weight excluding hydrogens is 252 g/mol. The number of carbonyl (C=O) groups is 1. The Labute approximate surface area is 123 Å². The summed E-state index contributed by atoms with van der Waals surface area (Å²) >= 11 is 0. The summed E-state index contributed by atoms with van der Waals surface area (Å²) in [6, 6.07) is 0.294. The van der Waals surface area contributed by atoms with Crippen LogP contribution in [0.25, 0.3) is 0 Å². The van der Waals surface area contributed by atoms with Gasteiger partial charge >= 0.3 is 0 Å². The molecule has 1 aliphatic heterocycles. The molecule has 1 saturated carbocycles. The minimum atomic E-state index is -0.690. The highest BCUT2D eigenvalue weighted by Gasteiger charge is 2.39. The number of hydrogen-bond acceptors (Lipinski definition) is 3. The number of nitrogens with one attached hydrogen (secondary N) is 2. The first kappa shape index (κ1) is 15.8. The molecule has 1 saturated heterocycles. The molecule has 1 aliphatic carbocycles. The van der Waals surface area contributed by atoms with Gasteiger partial charge in [0.1, 0.15) is 5.60 Å². The summed E-state index contributed by atoms with van der Waals surface area (Å²) in [4.78, 5) is 12.4. The van der Waals surface area contributed by atoms with Gasteiger partial charge in [-0.05, 0) is 45.6 Å². The first-order chi connectivity index (χ1) is 9.53. The van der Waals surface area contributed by atoms with Crippen LogP contribution < -0.4 is 10.6 Å². The SMILES string of the molecule is CCC(C)(OC)C(=O)NC1CCNC2(CCCCC2)C1. The van der Waals surface area contributed by atoms with Crippen LogP contribution in [0, 0.1) is 0 Å². The zero-order valence-corrected chi connectivity index (χ0v) is 13.3. The molecule has 0 aromatic rings. The summed E-state index contributed by atoms with van der Waals surface area (Å²) in [6.07, 6.45) is 9.31. The quantitative estimate of drug-likeness (QED) is 0.832. The molecule has 0 aromatic heterocycles. The van der Waals surface area contributed by atoms with Crippen molar-refractivity contribution in [1.29, 1.82) is 0 Å². The molecule has 2 rings (SSSR count). The van der Waals surface area contributed by atoms with Gasteiger partial charge in [-0.25, -0.2) is 0 Å². The number of rotatable bonds is 4. The van der Waals surface area contributed by atoms with Crippen LogP contribution in [0.1, 0.15) is 65.2 Å². The summed E-state index contributed by atoms with van der Waals surface area (Å²) in [5.41, 5.74) is -0.408. The number of ether oxygens (including phenoxy) is 1. The molecule has 0 bridgehead atoms. The third kappa shape index (κ3) is 3.34. The lowest BCUT2D eigenvalue weighted by Crippen LogP contribution is -2.59. The topological polar surface area (TPSA) is 50.4 Å². The van der Waals surface area contributed by atoms with E-state index in [9.17, 15) is 4.79 Å². The van der Waals surface area contributed by atoms with Gasteiger partial charge in [0.25, 0.3) is 5.91 Å². The Bertz CT molecular complexity index is 328. The summed E-state index contributed by atoms with van der Waals surface area (Å²) in [6.45, 7) is 4.88. The predicted octanol–water partition coefficient (Wildman–Crippen LogP) is 2.37. The molecule has 1 amide bonds. The lowest BCUT2D eigenvalue weighted by Gasteiger charge is -2.45. The summed E-state index contributed by atoms with van der Waals surface area (Å²) in [5, 5.41) is 6.95. The van der Waals surface area contributed by atoms with Crippen molar-refractivity contribution >= 4 is 5.91 Å². The Balaban J connectivity index is 1.94. The molecule has 0 aromatic carbocycles. The summed E-state index contributed by atoms with van der Waals surface area (Å²) < 4.78 is 5.40. The Morgan fingerprint density at radius 2 is 2.10 bits per heavy atom. The van der Waals surface area contributed by atoms with Gasteiger partial charge in [-0.3, -0.25) is 4.79 Å². The molecule has 2 N–H and O–H groups in total. The van der Waals surface area contributed by atoms with Gasteiger partial charge < -0.3 is 15.4 Å². The molecule has 20 heavy (non-hydrogen) atoms. The van der Waals surface area contributed by atoms with E-state index in [0.29, 0.717) is 12.5 Å². The van der Waals surface area contributed by atoms with E-state index in [4.69, 9.17) is 4.74 Å². The Hall–Kier alpha value is -0.610. The van der Waals surface area contributed by atoms with E-state index in [2.05, 4.69) is 10.6 Å². The first-order valence-corrected chi connectivity index (χ1v) is 8.15. The average molecular weight is 282 g/mol. The maximum atomic E-state index is 12.4. The molecule has 2 aliphatic rings. The maximum Gasteiger partial charge on any atom is 0.252 e. The largest absolute Gasteiger partial charge is 0.369 e. The van der Waals surface area contributed by atoms with E-state index < -0.39 is 5.60 Å². The van der Waals surface area contributed by atoms with E-state index in [1.807, 2.05) is 13.8 Å². The lowest BCUT2D eigenvalue weighted by atomic mass is 9.75. The molecule has 1 spiro atoms. The van der Waals surface area contributed by atoms with Gasteiger partial charge in [-0.2, -0.15) is 0 Å². The van der Waals surface area contributed by atoms with Crippen molar-refractivity contribution in [3.63, 3.8) is 0 Å². The van der Waals surface area contributed by atoms with Crippen molar-refractivity contribution in [2.24, 2.45) is 0 Å². The smallest absolute Gasteiger partial charge is 0.252 e. The van der Waals surface area contributed by atoms with E-state index in [1.54, 1.807) is 7.11 Å². The van der Waals surface area contributed by atoms with Crippen molar-refractivity contribution in [1.82, 2.24) is 10.6 Å². The minimum absolute atomic E-state index is 0.0420. The van der Waals surface area contributed by atoms with Crippen molar-refractivity contribution in [2.75, 3.05) is 13.7 Å². The Morgan fingerprint density at radius 1 is 1.40 bits per heavy atom. The second kappa shape index (κ2) is 6.44. The number of carbonyl (C=O) groups excluding carboxylic acids is 1. The fourth-order valence-corrected chi connectivity index (χ4v) is 3.63. The summed E-state index contributed by atoms with van der Waals surface area (Å²) in [7, 11) is 1.62. The van der Waals surface area contributed by atoms with Crippen molar-refractivity contribution in [3.05, 3.63) is 0 Å². The molecule has 1 heterocycles. The fraction of sp³-hybridized carbons (Fsp3) is 0.938. The second-order valence-corrected chi connectivity index (χ2v) is 6.72. The van der Waals surface area contributed by atoms with Crippen LogP contribution in [0.3, 0.4) is 0 Å². The van der Waals surface area contributed by atoms with Crippen LogP contribution in [-0.2, 0) is 9.53 Å². The monoisotopic (exact) mass is 282 g/mol. The maximum absolute atomic E-state index is 12.4. The van der Waals surface area contributed by atoms with Crippen LogP contribution in [0.5, 0.6) is 0 Å². The van der Waals surface area contributed by atoms with Gasteiger partial charge in [0, 0.05) is 18.7 Å². The van der Waals surface area contributed by atoms with E-state index in [0.717, 1.165) is 19.4 Å². The number of piperidine rings is 1. The molecule has 2 unspecified atom stereocenters. The van der Waals surface area contributed by atoms with E-state index in [-0.39, 0.29) is 11.4 Å². The normalized spacial score (nSPS) is 28.9. The standard InChI is InChI=1S/C16H30N2O2/c1-4-15(2,20-3)14(19)18-13-8-11-17-16(12-13)9-6-5-7-10-16/h13,17H,4-12H2,1-3H3,(H,18,19). The average Bonchev–Trinajstić information content (AvgIpc) is 2.47. The highest BCUT2D eigenvalue weighted by molar-refractivity contribution is 5.85. The van der Waals surface area contributed by atoms with Crippen LogP contribution in [0.4, 0.5) is 0 Å². The Kier molecular flexibility index (Phi) is 5.08. The molecular formula is C16H30N2O2. The van der Waals surface area contributed by atoms with E-state index >= 15 is 0 Å². The molecule has 4 nitrogen and oxygen atoms in total. The number of methoxy groups -OCH3 is 1. The summed E-state index contributed by atoms with van der Waals surface area (Å²) in [5.74, 6) is 0.0420. The predicted molar refractivity (Wildman–Crippen MR) is 80.7 cm³/mol. The zero-order chi connectivity index (χ0) is 14.6. The van der Waals surface area contributed by atoms with Crippen LogP contribution in [0.2, 0.25) is 0 Å². The van der Waals surface area contributed by atoms with Crippen LogP contribution in [0.15, 0.2) is 0 Å².